The second-order valence-electron chi connectivity index (χ2n) is 8.05. The third kappa shape index (κ3) is 3.81. The summed E-state index contributed by atoms with van der Waals surface area (Å²) in [4.78, 5) is 31.4. The summed E-state index contributed by atoms with van der Waals surface area (Å²) in [5, 5.41) is 3.00. The van der Waals surface area contributed by atoms with Gasteiger partial charge < -0.3 is 10.2 Å². The van der Waals surface area contributed by atoms with Crippen LogP contribution in [0.2, 0.25) is 0 Å². The van der Waals surface area contributed by atoms with Crippen LogP contribution >= 0.6 is 0 Å². The Labute approximate surface area is 161 Å². The summed E-state index contributed by atoms with van der Waals surface area (Å²) in [6.07, 6.45) is 5.68. The number of carbonyl (C=O) groups is 2. The Bertz CT molecular complexity index is 664. The van der Waals surface area contributed by atoms with E-state index in [2.05, 4.69) is 39.4 Å². The van der Waals surface area contributed by atoms with Crippen molar-refractivity contribution in [2.45, 2.75) is 44.1 Å². The topological polar surface area (TPSA) is 55.9 Å². The monoisotopic (exact) mass is 370 g/mol. The molecule has 146 valence electrons. The third-order valence-electron chi connectivity index (χ3n) is 6.30. The van der Waals surface area contributed by atoms with Gasteiger partial charge in [0.15, 0.2) is 0 Å². The molecule has 0 atom stereocenters. The minimum atomic E-state index is -0.587. The van der Waals surface area contributed by atoms with E-state index in [1.54, 1.807) is 0 Å². The van der Waals surface area contributed by atoms with E-state index in [0.29, 0.717) is 6.54 Å². The number of imide groups is 1. The summed E-state index contributed by atoms with van der Waals surface area (Å²) in [6.45, 7) is 5.57. The molecular weight excluding hydrogens is 340 g/mol. The van der Waals surface area contributed by atoms with Gasteiger partial charge in [-0.3, -0.25) is 14.6 Å². The van der Waals surface area contributed by atoms with Crippen LogP contribution in [0.1, 0.15) is 38.5 Å². The average molecular weight is 370 g/mol. The fourth-order valence-electron chi connectivity index (χ4n) is 4.69. The number of benzene rings is 1. The summed E-state index contributed by atoms with van der Waals surface area (Å²) < 4.78 is 0. The Morgan fingerprint density at radius 2 is 1.59 bits per heavy atom. The van der Waals surface area contributed by atoms with Crippen molar-refractivity contribution >= 4 is 17.6 Å². The summed E-state index contributed by atoms with van der Waals surface area (Å²) in [6, 6.07) is 10.4. The van der Waals surface area contributed by atoms with E-state index in [4.69, 9.17) is 0 Å². The molecule has 0 radical (unpaired) electrons. The maximum absolute atomic E-state index is 12.8. The molecule has 4 rings (SSSR count). The maximum Gasteiger partial charge on any atom is 0.325 e. The third-order valence-corrected chi connectivity index (χ3v) is 6.30. The fraction of sp³-hybridized carbons (Fsp3) is 0.619. The predicted molar refractivity (Wildman–Crippen MR) is 106 cm³/mol. The first-order valence-electron chi connectivity index (χ1n) is 10.3. The van der Waals surface area contributed by atoms with E-state index >= 15 is 0 Å². The molecule has 3 fully saturated rings. The molecule has 3 amide bonds. The van der Waals surface area contributed by atoms with E-state index in [0.717, 1.165) is 64.8 Å². The highest BCUT2D eigenvalue weighted by atomic mass is 16.2. The number of amides is 3. The van der Waals surface area contributed by atoms with Crippen LogP contribution in [-0.4, -0.2) is 66.5 Å². The molecule has 2 heterocycles. The lowest BCUT2D eigenvalue weighted by Gasteiger charge is -2.36. The maximum atomic E-state index is 12.8. The van der Waals surface area contributed by atoms with Gasteiger partial charge in [-0.05, 0) is 37.9 Å². The molecule has 1 aromatic carbocycles. The quantitative estimate of drug-likeness (QED) is 0.809. The van der Waals surface area contributed by atoms with E-state index in [1.807, 2.05) is 6.07 Å². The Morgan fingerprint density at radius 3 is 2.30 bits per heavy atom. The van der Waals surface area contributed by atoms with Crippen LogP contribution in [-0.2, 0) is 4.79 Å². The lowest BCUT2D eigenvalue weighted by molar-refractivity contribution is -0.132. The molecule has 1 aromatic rings. The second-order valence-corrected chi connectivity index (χ2v) is 8.05. The number of hydrogen-bond donors (Lipinski definition) is 1. The summed E-state index contributed by atoms with van der Waals surface area (Å²) in [5.74, 6) is 0.0149. The van der Waals surface area contributed by atoms with Gasteiger partial charge in [-0.1, -0.05) is 37.5 Å². The molecule has 27 heavy (non-hydrogen) atoms. The highest BCUT2D eigenvalue weighted by Gasteiger charge is 2.50. The van der Waals surface area contributed by atoms with Gasteiger partial charge in [-0.25, -0.2) is 4.79 Å². The minimum Gasteiger partial charge on any atom is -0.369 e. The molecule has 1 saturated carbocycles. The van der Waals surface area contributed by atoms with Gasteiger partial charge in [0.25, 0.3) is 5.91 Å². The van der Waals surface area contributed by atoms with Crippen molar-refractivity contribution in [3.63, 3.8) is 0 Å². The smallest absolute Gasteiger partial charge is 0.325 e. The Morgan fingerprint density at radius 1 is 0.889 bits per heavy atom. The first-order chi connectivity index (χ1) is 13.2. The fourth-order valence-corrected chi connectivity index (χ4v) is 4.69. The van der Waals surface area contributed by atoms with Crippen LogP contribution < -0.4 is 10.2 Å². The van der Waals surface area contributed by atoms with Crippen molar-refractivity contribution in [2.24, 2.45) is 0 Å². The number of para-hydroxylation sites is 1. The van der Waals surface area contributed by atoms with E-state index in [9.17, 15) is 9.59 Å². The predicted octanol–water partition coefficient (Wildman–Crippen LogP) is 2.45. The largest absolute Gasteiger partial charge is 0.369 e. The number of nitrogens with zero attached hydrogens (tertiary/aromatic N) is 3. The van der Waals surface area contributed by atoms with Crippen LogP contribution in [0.15, 0.2) is 30.3 Å². The number of nitrogens with one attached hydrogen (secondary N) is 1. The molecule has 0 bridgehead atoms. The Balaban J connectivity index is 1.22. The van der Waals surface area contributed by atoms with Crippen LogP contribution in [0, 0.1) is 0 Å². The first-order valence-corrected chi connectivity index (χ1v) is 10.3. The van der Waals surface area contributed by atoms with Crippen molar-refractivity contribution in [2.75, 3.05) is 44.2 Å². The zero-order valence-electron chi connectivity index (χ0n) is 16.0. The van der Waals surface area contributed by atoms with Gasteiger partial charge in [0, 0.05) is 38.4 Å². The number of rotatable bonds is 5. The normalized spacial score (nSPS) is 23.1. The summed E-state index contributed by atoms with van der Waals surface area (Å²) in [7, 11) is 0. The zero-order chi connectivity index (χ0) is 18.7. The highest BCUT2D eigenvalue weighted by Crippen LogP contribution is 2.33. The Kier molecular flexibility index (Phi) is 5.34. The molecule has 2 saturated heterocycles. The zero-order valence-corrected chi connectivity index (χ0v) is 16.0. The molecule has 6 heteroatoms. The van der Waals surface area contributed by atoms with E-state index in [-0.39, 0.29) is 11.9 Å². The van der Waals surface area contributed by atoms with Crippen molar-refractivity contribution in [3.8, 4) is 0 Å². The van der Waals surface area contributed by atoms with Crippen molar-refractivity contribution in [1.82, 2.24) is 15.1 Å². The molecule has 1 aliphatic carbocycles. The van der Waals surface area contributed by atoms with Crippen LogP contribution in [0.25, 0.3) is 0 Å². The van der Waals surface area contributed by atoms with Crippen molar-refractivity contribution in [1.29, 1.82) is 0 Å². The number of urea groups is 1. The SMILES string of the molecule is O=C1NC2(CCCCC2)C(=O)N1CCCN1CCN(c2ccccc2)CC1. The molecule has 3 aliphatic rings. The van der Waals surface area contributed by atoms with Gasteiger partial charge in [-0.2, -0.15) is 0 Å². The molecule has 1 spiro atoms. The van der Waals surface area contributed by atoms with Crippen LogP contribution in [0.5, 0.6) is 0 Å². The molecule has 0 unspecified atom stereocenters. The van der Waals surface area contributed by atoms with Gasteiger partial charge in [-0.15, -0.1) is 0 Å². The standard InChI is InChI=1S/C21H30N4O2/c26-19-21(10-5-2-6-11-21)22-20(27)25(19)13-7-12-23-14-16-24(17-15-23)18-8-3-1-4-9-18/h1,3-4,8-9H,2,5-7,10-17H2,(H,22,27). The van der Waals surface area contributed by atoms with Crippen molar-refractivity contribution in [3.05, 3.63) is 30.3 Å². The molecule has 1 N–H and O–H groups in total. The van der Waals surface area contributed by atoms with Crippen LogP contribution in [0.3, 0.4) is 0 Å². The number of hydrogen-bond acceptors (Lipinski definition) is 4. The molecule has 2 aliphatic heterocycles. The average Bonchev–Trinajstić information content (AvgIpc) is 2.93. The Hall–Kier alpha value is -2.08. The molecule has 6 nitrogen and oxygen atoms in total. The minimum absolute atomic E-state index is 0.0149. The second kappa shape index (κ2) is 7.89. The molecular formula is C21H30N4O2. The van der Waals surface area contributed by atoms with Gasteiger partial charge in [0.2, 0.25) is 0 Å². The molecule has 0 aromatic heterocycles. The summed E-state index contributed by atoms with van der Waals surface area (Å²) in [5.41, 5.74) is 0.700. The first kappa shape index (κ1) is 18.3. The lowest BCUT2D eigenvalue weighted by Crippen LogP contribution is -2.48. The van der Waals surface area contributed by atoms with E-state index in [1.165, 1.54) is 17.0 Å². The highest BCUT2D eigenvalue weighted by molar-refractivity contribution is 6.07. The summed E-state index contributed by atoms with van der Waals surface area (Å²) >= 11 is 0. The number of anilines is 1. The van der Waals surface area contributed by atoms with Gasteiger partial charge in [0.1, 0.15) is 5.54 Å². The van der Waals surface area contributed by atoms with Gasteiger partial charge >= 0.3 is 6.03 Å². The van der Waals surface area contributed by atoms with Gasteiger partial charge in [0.05, 0.1) is 0 Å². The number of piperazine rings is 1. The lowest BCUT2D eigenvalue weighted by atomic mass is 9.82. The number of carbonyl (C=O) groups excluding carboxylic acids is 2. The van der Waals surface area contributed by atoms with E-state index < -0.39 is 5.54 Å². The van der Waals surface area contributed by atoms with Crippen LogP contribution in [0.4, 0.5) is 10.5 Å². The van der Waals surface area contributed by atoms with Crippen molar-refractivity contribution < 1.29 is 9.59 Å².